The molecule has 1 N–H and O–H groups in total. The van der Waals surface area contributed by atoms with Crippen LogP contribution in [0.15, 0.2) is 41.3 Å². The van der Waals surface area contributed by atoms with Gasteiger partial charge >= 0.3 is 6.18 Å². The number of para-hydroxylation sites is 1. The van der Waals surface area contributed by atoms with E-state index in [9.17, 15) is 28.1 Å². The molecule has 0 aliphatic heterocycles. The second-order valence-electron chi connectivity index (χ2n) is 5.56. The summed E-state index contributed by atoms with van der Waals surface area (Å²) in [6.07, 6.45) is -4.39. The van der Waals surface area contributed by atoms with Gasteiger partial charge in [0, 0.05) is 11.0 Å². The van der Waals surface area contributed by atoms with Gasteiger partial charge in [0.05, 0.1) is 36.1 Å². The maximum Gasteiger partial charge on any atom is 0.398 e. The monoisotopic (exact) mass is 430 g/mol. The topological polar surface area (TPSA) is 90.7 Å². The lowest BCUT2D eigenvalue weighted by Crippen LogP contribution is -2.16. The highest BCUT2D eigenvalue weighted by atomic mass is 32.2. The van der Waals surface area contributed by atoms with Crippen molar-refractivity contribution in [3.8, 4) is 11.5 Å². The first-order valence-electron chi connectivity index (χ1n) is 8.25. The highest BCUT2D eigenvalue weighted by molar-refractivity contribution is 7.99. The molecule has 0 fully saturated rings. The van der Waals surface area contributed by atoms with Crippen molar-refractivity contribution < 1.29 is 32.4 Å². The lowest BCUT2D eigenvalue weighted by Gasteiger charge is -2.14. The minimum atomic E-state index is -4.39. The molecule has 0 aromatic heterocycles. The van der Waals surface area contributed by atoms with E-state index in [0.717, 1.165) is 6.07 Å². The van der Waals surface area contributed by atoms with Crippen LogP contribution < -0.4 is 14.8 Å². The van der Waals surface area contributed by atoms with Crippen LogP contribution in [0.5, 0.6) is 11.5 Å². The number of nitro groups is 1. The molecule has 11 heteroatoms. The van der Waals surface area contributed by atoms with Gasteiger partial charge in [-0.15, -0.1) is 11.8 Å². The van der Waals surface area contributed by atoms with Gasteiger partial charge in [-0.2, -0.15) is 13.2 Å². The van der Waals surface area contributed by atoms with Crippen LogP contribution in [0.1, 0.15) is 17.3 Å². The Hall–Kier alpha value is -2.95. The van der Waals surface area contributed by atoms with Crippen LogP contribution in [-0.2, 0) is 0 Å². The van der Waals surface area contributed by atoms with Crippen LogP contribution in [-0.4, -0.2) is 36.5 Å². The van der Waals surface area contributed by atoms with E-state index in [0.29, 0.717) is 11.8 Å². The molecule has 0 saturated heterocycles. The van der Waals surface area contributed by atoms with Crippen LogP contribution >= 0.6 is 11.8 Å². The lowest BCUT2D eigenvalue weighted by molar-refractivity contribution is -0.385. The maximum absolute atomic E-state index is 12.7. The van der Waals surface area contributed by atoms with Gasteiger partial charge in [-0.1, -0.05) is 12.1 Å². The van der Waals surface area contributed by atoms with Crippen molar-refractivity contribution in [2.45, 2.75) is 18.0 Å². The summed E-state index contributed by atoms with van der Waals surface area (Å²) in [7, 11) is 1.30. The van der Waals surface area contributed by atoms with Gasteiger partial charge in [0.25, 0.3) is 11.6 Å². The average molecular weight is 430 g/mol. The fourth-order valence-electron chi connectivity index (χ4n) is 2.35. The van der Waals surface area contributed by atoms with E-state index in [2.05, 4.69) is 5.32 Å². The molecule has 0 unspecified atom stereocenters. The number of ether oxygens (including phenoxy) is 2. The lowest BCUT2D eigenvalue weighted by atomic mass is 10.1. The zero-order valence-electron chi connectivity index (χ0n) is 15.4. The quantitative estimate of drug-likeness (QED) is 0.364. The molecule has 1 amide bonds. The molecular formula is C18H17F3N2O5S. The molecule has 29 heavy (non-hydrogen) atoms. The van der Waals surface area contributed by atoms with Crippen molar-refractivity contribution in [1.29, 1.82) is 0 Å². The second-order valence-corrected chi connectivity index (χ2v) is 6.58. The molecule has 0 atom stereocenters. The van der Waals surface area contributed by atoms with Gasteiger partial charge in [-0.25, -0.2) is 0 Å². The number of thioether (sulfide) groups is 1. The molecule has 7 nitrogen and oxygen atoms in total. The normalized spacial score (nSPS) is 11.1. The predicted molar refractivity (Wildman–Crippen MR) is 102 cm³/mol. The van der Waals surface area contributed by atoms with Crippen molar-refractivity contribution in [3.63, 3.8) is 0 Å². The summed E-state index contributed by atoms with van der Waals surface area (Å²) >= 11 is 0.501. The number of alkyl halides is 3. The SMILES string of the molecule is CCOc1cc(C(=O)Nc2ccccc2SCC(F)(F)F)c([N+](=O)[O-])cc1OC. The molecular weight excluding hydrogens is 413 g/mol. The van der Waals surface area contributed by atoms with E-state index < -0.39 is 28.4 Å². The molecule has 0 aliphatic rings. The van der Waals surface area contributed by atoms with Crippen molar-refractivity contribution in [3.05, 3.63) is 52.1 Å². The molecule has 0 saturated carbocycles. The Morgan fingerprint density at radius 2 is 1.93 bits per heavy atom. The molecule has 2 aromatic carbocycles. The van der Waals surface area contributed by atoms with E-state index in [1.165, 1.54) is 37.4 Å². The number of nitrogens with one attached hydrogen (secondary N) is 1. The van der Waals surface area contributed by atoms with Gasteiger partial charge in [0.15, 0.2) is 11.5 Å². The van der Waals surface area contributed by atoms with Gasteiger partial charge in [-0.05, 0) is 19.1 Å². The van der Waals surface area contributed by atoms with E-state index in [4.69, 9.17) is 9.47 Å². The number of methoxy groups -OCH3 is 1. The Morgan fingerprint density at radius 1 is 1.24 bits per heavy atom. The zero-order chi connectivity index (χ0) is 21.6. The number of nitro benzene ring substituents is 1. The van der Waals surface area contributed by atoms with E-state index in [-0.39, 0.29) is 34.3 Å². The van der Waals surface area contributed by atoms with Crippen LogP contribution in [0.4, 0.5) is 24.5 Å². The summed E-state index contributed by atoms with van der Waals surface area (Å²) in [5.74, 6) is -1.79. The number of halogens is 3. The fraction of sp³-hybridized carbons (Fsp3) is 0.278. The Labute approximate surface area is 168 Å². The van der Waals surface area contributed by atoms with Crippen LogP contribution in [0, 0.1) is 10.1 Å². The fourth-order valence-corrected chi connectivity index (χ4v) is 3.12. The van der Waals surface area contributed by atoms with Gasteiger partial charge in [0.2, 0.25) is 0 Å². The van der Waals surface area contributed by atoms with E-state index in [1.54, 1.807) is 6.92 Å². The number of anilines is 1. The van der Waals surface area contributed by atoms with E-state index >= 15 is 0 Å². The molecule has 2 aromatic rings. The maximum atomic E-state index is 12.7. The number of hydrogen-bond donors (Lipinski definition) is 1. The summed E-state index contributed by atoms with van der Waals surface area (Å²) in [6, 6.07) is 8.11. The van der Waals surface area contributed by atoms with Crippen molar-refractivity contribution in [1.82, 2.24) is 0 Å². The third kappa shape index (κ3) is 6.01. The molecule has 156 valence electrons. The third-order valence-electron chi connectivity index (χ3n) is 3.55. The Balaban J connectivity index is 2.38. The number of carbonyl (C=O) groups excluding carboxylic acids is 1. The Morgan fingerprint density at radius 3 is 2.52 bits per heavy atom. The average Bonchev–Trinajstić information content (AvgIpc) is 2.66. The summed E-state index contributed by atoms with van der Waals surface area (Å²) < 4.78 is 48.0. The van der Waals surface area contributed by atoms with Crippen molar-refractivity contribution >= 4 is 29.0 Å². The predicted octanol–water partition coefficient (Wildman–Crippen LogP) is 4.91. The summed E-state index contributed by atoms with van der Waals surface area (Å²) in [5, 5.41) is 13.8. The second kappa shape index (κ2) is 9.50. The molecule has 0 aliphatic carbocycles. The number of hydrogen-bond acceptors (Lipinski definition) is 6. The Bertz CT molecular complexity index is 906. The Kier molecular flexibility index (Phi) is 7.32. The zero-order valence-corrected chi connectivity index (χ0v) is 16.2. The molecule has 2 rings (SSSR count). The number of amides is 1. The first kappa shape index (κ1) is 22.3. The smallest absolute Gasteiger partial charge is 0.398 e. The van der Waals surface area contributed by atoms with Gasteiger partial charge in [0.1, 0.15) is 5.56 Å². The third-order valence-corrected chi connectivity index (χ3v) is 4.69. The largest absolute Gasteiger partial charge is 0.493 e. The van der Waals surface area contributed by atoms with Crippen LogP contribution in [0.25, 0.3) is 0 Å². The highest BCUT2D eigenvalue weighted by Gasteiger charge is 2.28. The number of benzene rings is 2. The van der Waals surface area contributed by atoms with Crippen LogP contribution in [0.3, 0.4) is 0 Å². The highest BCUT2D eigenvalue weighted by Crippen LogP contribution is 2.36. The summed E-state index contributed by atoms with van der Waals surface area (Å²) in [5.41, 5.74) is -0.729. The number of rotatable bonds is 8. The summed E-state index contributed by atoms with van der Waals surface area (Å²) in [4.78, 5) is 23.5. The molecule has 0 heterocycles. The minimum absolute atomic E-state index is 0.0798. The molecule has 0 spiro atoms. The minimum Gasteiger partial charge on any atom is -0.493 e. The number of carbonyl (C=O) groups is 1. The van der Waals surface area contributed by atoms with Crippen LogP contribution in [0.2, 0.25) is 0 Å². The number of nitrogens with zero attached hydrogens (tertiary/aromatic N) is 1. The first-order chi connectivity index (χ1) is 13.7. The van der Waals surface area contributed by atoms with Gasteiger partial charge in [-0.3, -0.25) is 14.9 Å². The van der Waals surface area contributed by atoms with Crippen molar-refractivity contribution in [2.24, 2.45) is 0 Å². The van der Waals surface area contributed by atoms with Crippen molar-refractivity contribution in [2.75, 3.05) is 24.8 Å². The standard InChI is InChI=1S/C18H17F3N2O5S/c1-3-28-15-8-11(13(23(25)26)9-14(15)27-2)17(24)22-12-6-4-5-7-16(12)29-10-18(19,20)21/h4-9H,3,10H2,1-2H3,(H,22,24). The summed E-state index contributed by atoms with van der Waals surface area (Å²) in [6.45, 7) is 1.92. The van der Waals surface area contributed by atoms with Gasteiger partial charge < -0.3 is 14.8 Å². The van der Waals surface area contributed by atoms with E-state index in [1.807, 2.05) is 0 Å². The molecule has 0 bridgehead atoms. The first-order valence-corrected chi connectivity index (χ1v) is 9.24. The molecule has 0 radical (unpaired) electrons.